The van der Waals surface area contributed by atoms with Gasteiger partial charge in [-0.25, -0.2) is 13.2 Å². The van der Waals surface area contributed by atoms with Crippen molar-refractivity contribution in [3.63, 3.8) is 0 Å². The van der Waals surface area contributed by atoms with E-state index in [1.54, 1.807) is 20.8 Å². The summed E-state index contributed by atoms with van der Waals surface area (Å²) in [6.07, 6.45) is 0.797. The van der Waals surface area contributed by atoms with Crippen LogP contribution in [0.4, 0.5) is 4.79 Å². The zero-order chi connectivity index (χ0) is 13.3. The molecule has 1 N–H and O–H groups in total. The van der Waals surface area contributed by atoms with Gasteiger partial charge in [-0.3, -0.25) is 0 Å². The smallest absolute Gasteiger partial charge is 0.407 e. The molecule has 0 aliphatic heterocycles. The number of rotatable bonds is 3. The molecule has 1 saturated carbocycles. The van der Waals surface area contributed by atoms with E-state index >= 15 is 0 Å². The van der Waals surface area contributed by atoms with Crippen LogP contribution in [0.25, 0.3) is 0 Å². The highest BCUT2D eigenvalue weighted by molar-refractivity contribution is 8.13. The van der Waals surface area contributed by atoms with E-state index in [1.165, 1.54) is 0 Å². The first-order valence-corrected chi connectivity index (χ1v) is 7.95. The van der Waals surface area contributed by atoms with Gasteiger partial charge >= 0.3 is 6.09 Å². The van der Waals surface area contributed by atoms with Gasteiger partial charge in [0.1, 0.15) is 5.60 Å². The van der Waals surface area contributed by atoms with E-state index in [4.69, 9.17) is 15.4 Å². The maximum Gasteiger partial charge on any atom is 0.407 e. The fourth-order valence-corrected chi connectivity index (χ4v) is 3.12. The Morgan fingerprint density at radius 1 is 1.41 bits per heavy atom. The van der Waals surface area contributed by atoms with Gasteiger partial charge in [0.15, 0.2) is 0 Å². The van der Waals surface area contributed by atoms with Crippen LogP contribution in [0.3, 0.4) is 0 Å². The van der Waals surface area contributed by atoms with Crippen molar-refractivity contribution in [2.45, 2.75) is 45.3 Å². The Bertz CT molecular complexity index is 382. The summed E-state index contributed by atoms with van der Waals surface area (Å²) in [5.74, 6) is 0.0126. The molecule has 0 atom stereocenters. The van der Waals surface area contributed by atoms with Crippen LogP contribution in [-0.2, 0) is 13.8 Å². The van der Waals surface area contributed by atoms with Crippen molar-refractivity contribution in [1.82, 2.24) is 5.32 Å². The number of carbonyl (C=O) groups is 1. The van der Waals surface area contributed by atoms with Crippen molar-refractivity contribution in [3.05, 3.63) is 0 Å². The van der Waals surface area contributed by atoms with Gasteiger partial charge in [0.2, 0.25) is 9.05 Å². The molecule has 17 heavy (non-hydrogen) atoms. The third-order valence-corrected chi connectivity index (χ3v) is 3.64. The van der Waals surface area contributed by atoms with E-state index in [0.717, 1.165) is 0 Å². The molecular weight excluding hydrogens is 266 g/mol. The molecule has 1 amide bonds. The number of hydrogen-bond donors (Lipinski definition) is 1. The highest BCUT2D eigenvalue weighted by atomic mass is 35.7. The summed E-state index contributed by atoms with van der Waals surface area (Å²) in [7, 11) is 1.70. The molecule has 0 saturated heterocycles. The molecule has 1 fully saturated rings. The molecule has 100 valence electrons. The third-order valence-electron chi connectivity index (χ3n) is 2.39. The molecule has 0 bridgehead atoms. The van der Waals surface area contributed by atoms with Crippen molar-refractivity contribution in [1.29, 1.82) is 0 Å². The highest BCUT2D eigenvalue weighted by Crippen LogP contribution is 2.29. The molecule has 1 rings (SSSR count). The number of hydrogen-bond acceptors (Lipinski definition) is 4. The van der Waals surface area contributed by atoms with Crippen LogP contribution in [0.2, 0.25) is 0 Å². The molecule has 0 aromatic carbocycles. The van der Waals surface area contributed by atoms with E-state index in [2.05, 4.69) is 5.32 Å². The van der Waals surface area contributed by atoms with E-state index in [0.29, 0.717) is 12.8 Å². The second-order valence-electron chi connectivity index (χ2n) is 5.39. The Balaban J connectivity index is 2.24. The first-order valence-electron chi connectivity index (χ1n) is 5.47. The zero-order valence-electron chi connectivity index (χ0n) is 10.2. The lowest BCUT2D eigenvalue weighted by Gasteiger charge is -2.35. The lowest BCUT2D eigenvalue weighted by atomic mass is 9.82. The summed E-state index contributed by atoms with van der Waals surface area (Å²) in [5.41, 5.74) is -0.521. The second-order valence-corrected chi connectivity index (χ2v) is 8.21. The van der Waals surface area contributed by atoms with E-state index in [-0.39, 0.29) is 17.7 Å². The average molecular weight is 284 g/mol. The molecule has 1 aliphatic carbocycles. The topological polar surface area (TPSA) is 72.5 Å². The fraction of sp³-hybridized carbons (Fsp3) is 0.900. The van der Waals surface area contributed by atoms with E-state index in [1.807, 2.05) is 0 Å². The van der Waals surface area contributed by atoms with E-state index in [9.17, 15) is 13.2 Å². The van der Waals surface area contributed by atoms with Gasteiger partial charge in [-0.05, 0) is 39.5 Å². The number of nitrogens with one attached hydrogen (secondary N) is 1. The molecule has 0 aromatic heterocycles. The summed E-state index contributed by atoms with van der Waals surface area (Å²) in [5, 5.41) is 2.69. The summed E-state index contributed by atoms with van der Waals surface area (Å²) in [6, 6.07) is -0.00623. The zero-order valence-corrected chi connectivity index (χ0v) is 11.8. The van der Waals surface area contributed by atoms with Crippen LogP contribution < -0.4 is 5.32 Å². The minimum absolute atomic E-state index is 0.00623. The highest BCUT2D eigenvalue weighted by Gasteiger charge is 2.34. The molecule has 0 heterocycles. The predicted octanol–water partition coefficient (Wildman–Crippen LogP) is 1.86. The summed E-state index contributed by atoms with van der Waals surface area (Å²) < 4.78 is 26.7. The van der Waals surface area contributed by atoms with E-state index < -0.39 is 20.7 Å². The first-order chi connectivity index (χ1) is 7.55. The van der Waals surface area contributed by atoms with Crippen LogP contribution in [0.15, 0.2) is 0 Å². The number of alkyl carbamates (subject to hydrolysis) is 1. The van der Waals surface area contributed by atoms with Gasteiger partial charge in [-0.1, -0.05) is 0 Å². The van der Waals surface area contributed by atoms with Gasteiger partial charge in [0, 0.05) is 16.7 Å². The largest absolute Gasteiger partial charge is 0.444 e. The van der Waals surface area contributed by atoms with Crippen molar-refractivity contribution in [2.75, 3.05) is 5.75 Å². The SMILES string of the molecule is CC(C)(C)OC(=O)NC1CC(CS(=O)(=O)Cl)C1. The van der Waals surface area contributed by atoms with Crippen LogP contribution >= 0.6 is 10.7 Å². The maximum absolute atomic E-state index is 11.4. The van der Waals surface area contributed by atoms with Gasteiger partial charge in [0.05, 0.1) is 5.75 Å². The molecule has 0 unspecified atom stereocenters. The minimum Gasteiger partial charge on any atom is -0.444 e. The van der Waals surface area contributed by atoms with Crippen LogP contribution in [0, 0.1) is 5.92 Å². The number of ether oxygens (including phenoxy) is 1. The third kappa shape index (κ3) is 6.12. The van der Waals surface area contributed by atoms with Crippen molar-refractivity contribution < 1.29 is 17.9 Å². The summed E-state index contributed by atoms with van der Waals surface area (Å²) >= 11 is 0. The second kappa shape index (κ2) is 5.02. The fourth-order valence-electron chi connectivity index (χ4n) is 1.75. The van der Waals surface area contributed by atoms with Crippen molar-refractivity contribution in [2.24, 2.45) is 5.92 Å². The molecule has 7 heteroatoms. The lowest BCUT2D eigenvalue weighted by Crippen LogP contribution is -2.47. The summed E-state index contributed by atoms with van der Waals surface area (Å²) in [4.78, 5) is 11.4. The lowest BCUT2D eigenvalue weighted by molar-refractivity contribution is 0.0459. The summed E-state index contributed by atoms with van der Waals surface area (Å²) in [6.45, 7) is 5.36. The Labute approximate surface area is 106 Å². The minimum atomic E-state index is -3.44. The van der Waals surface area contributed by atoms with Gasteiger partial charge in [-0.2, -0.15) is 0 Å². The van der Waals surface area contributed by atoms with Gasteiger partial charge < -0.3 is 10.1 Å². The monoisotopic (exact) mass is 283 g/mol. The number of amides is 1. The molecule has 0 aromatic rings. The number of carbonyl (C=O) groups excluding carboxylic acids is 1. The molecule has 0 spiro atoms. The first kappa shape index (κ1) is 14.6. The standard InChI is InChI=1S/C10H18ClNO4S/c1-10(2,3)16-9(13)12-8-4-7(5-8)6-17(11,14)15/h7-8H,4-6H2,1-3H3,(H,12,13). The van der Waals surface area contributed by atoms with Gasteiger partial charge in [0.25, 0.3) is 0 Å². The molecular formula is C10H18ClNO4S. The van der Waals surface area contributed by atoms with Crippen molar-refractivity contribution in [3.8, 4) is 0 Å². The Hall–Kier alpha value is -0.490. The Morgan fingerprint density at radius 2 is 1.94 bits per heavy atom. The molecule has 0 radical (unpaired) electrons. The number of halogens is 1. The Kier molecular flexibility index (Phi) is 4.30. The van der Waals surface area contributed by atoms with Gasteiger partial charge in [-0.15, -0.1) is 0 Å². The van der Waals surface area contributed by atoms with Crippen LogP contribution in [0.1, 0.15) is 33.6 Å². The average Bonchev–Trinajstić information content (AvgIpc) is 1.93. The molecule has 1 aliphatic rings. The van der Waals surface area contributed by atoms with Crippen molar-refractivity contribution >= 4 is 25.8 Å². The normalized spacial score (nSPS) is 24.9. The quantitative estimate of drug-likeness (QED) is 0.803. The van der Waals surface area contributed by atoms with Crippen LogP contribution in [0.5, 0.6) is 0 Å². The predicted molar refractivity (Wildman–Crippen MR) is 65.5 cm³/mol. The molecule has 5 nitrogen and oxygen atoms in total. The van der Waals surface area contributed by atoms with Crippen LogP contribution in [-0.4, -0.2) is 31.9 Å². The maximum atomic E-state index is 11.4. The Morgan fingerprint density at radius 3 is 2.35 bits per heavy atom.